The summed E-state index contributed by atoms with van der Waals surface area (Å²) in [6.07, 6.45) is 9.16. The molecule has 20 nitrogen and oxygen atoms in total. The summed E-state index contributed by atoms with van der Waals surface area (Å²) in [5.74, 6) is -1.63. The van der Waals surface area contributed by atoms with Gasteiger partial charge in [-0.15, -0.1) is 0 Å². The number of rotatable bonds is 6. The molecule has 3 aliphatic rings. The van der Waals surface area contributed by atoms with E-state index in [0.29, 0.717) is 57.8 Å². The second-order valence-electron chi connectivity index (χ2n) is 9.87. The van der Waals surface area contributed by atoms with Gasteiger partial charge in [-0.3, -0.25) is 50.1 Å². The molecule has 6 rings (SSSR count). The quantitative estimate of drug-likeness (QED) is 0.121. The summed E-state index contributed by atoms with van der Waals surface area (Å²) in [5, 5.41) is 42.8. The molecule has 0 spiro atoms. The van der Waals surface area contributed by atoms with Crippen LogP contribution in [0.4, 0.5) is 17.1 Å². The van der Waals surface area contributed by atoms with Crippen LogP contribution in [-0.4, -0.2) is 79.4 Å². The van der Waals surface area contributed by atoms with E-state index in [4.69, 9.17) is 5.11 Å². The van der Waals surface area contributed by atoms with Crippen LogP contribution in [0.2, 0.25) is 0 Å². The first kappa shape index (κ1) is 43.9. The van der Waals surface area contributed by atoms with Crippen LogP contribution in [-0.2, 0) is 38.4 Å². The largest absolute Gasteiger partial charge is 1.00 e. The number of nitrogens with one attached hydrogen (secondary N) is 1. The second-order valence-corrected chi connectivity index (χ2v) is 9.87. The maximum atomic E-state index is 11.4. The van der Waals surface area contributed by atoms with E-state index in [2.05, 4.69) is 30.7 Å². The third kappa shape index (κ3) is 11.2. The van der Waals surface area contributed by atoms with Crippen molar-refractivity contribution < 1.29 is 95.9 Å². The second kappa shape index (κ2) is 19.9. The number of nitrogens with two attached hydrogens (primary N) is 1. The Hall–Kier alpha value is -5.16. The molecule has 262 valence electrons. The minimum absolute atomic E-state index is 0. The number of esters is 1. The normalized spacial score (nSPS) is 12.1. The number of amides is 1. The molecule has 5 N–H and O–H groups in total. The Morgan fingerprint density at radius 3 is 1.39 bits per heavy atom. The van der Waals surface area contributed by atoms with Gasteiger partial charge in [-0.05, 0) is 25.3 Å². The predicted octanol–water partition coefficient (Wildman–Crippen LogP) is -0.806. The Kier molecular flexibility index (Phi) is 17.1. The van der Waals surface area contributed by atoms with E-state index in [1.165, 1.54) is 50.8 Å². The number of carbonyl (C=O) groups excluding carboxylic acids is 2. The molecule has 0 fully saturated rings. The molecule has 51 heavy (non-hydrogen) atoms. The van der Waals surface area contributed by atoms with Crippen LogP contribution in [0.15, 0.2) is 53.5 Å². The topological polar surface area (TPSA) is 317 Å². The van der Waals surface area contributed by atoms with Crippen LogP contribution < -0.4 is 62.4 Å². The van der Waals surface area contributed by atoms with Crippen molar-refractivity contribution in [2.75, 3.05) is 21.2 Å². The van der Waals surface area contributed by atoms with Crippen molar-refractivity contribution in [3.05, 3.63) is 118 Å². The number of ether oxygens (including phenoxy) is 1. The first-order valence-corrected chi connectivity index (χ1v) is 13.9. The average Bonchev–Trinajstić information content (AvgIpc) is 3.84. The number of pyridine rings is 3. The number of aromatic nitrogens is 3. The zero-order valence-electron chi connectivity index (χ0n) is 27.6. The SMILES string of the molecule is CN.CNC(=O)C1=Cc2cc([N+](=O)[O-])cnc2C1.COC(=O)C1=Cc2cc([N+](=O)[O-])cnc2C1.O=C(O)C1=Cc2cc([N+](=O)[O-])cnc2C1.[K+].[OH-]. The first-order valence-electron chi connectivity index (χ1n) is 13.9. The number of nitro groups is 3. The summed E-state index contributed by atoms with van der Waals surface area (Å²) in [5.41, 5.74) is 9.16. The maximum absolute atomic E-state index is 11.4. The van der Waals surface area contributed by atoms with Gasteiger partial charge in [-0.25, -0.2) is 9.59 Å². The Morgan fingerprint density at radius 1 is 0.725 bits per heavy atom. The molecule has 21 heteroatoms. The minimum atomic E-state index is -1.02. The van der Waals surface area contributed by atoms with Crippen LogP contribution >= 0.6 is 0 Å². The number of fused-ring (bicyclic) bond motifs is 3. The molecule has 1 amide bonds. The van der Waals surface area contributed by atoms with Gasteiger partial charge in [0.1, 0.15) is 18.6 Å². The van der Waals surface area contributed by atoms with Gasteiger partial charge < -0.3 is 26.4 Å². The molecule has 0 bridgehead atoms. The van der Waals surface area contributed by atoms with Crippen molar-refractivity contribution >= 4 is 53.1 Å². The van der Waals surface area contributed by atoms with Crippen LogP contribution in [0.3, 0.4) is 0 Å². The van der Waals surface area contributed by atoms with Gasteiger partial charge in [0, 0.05) is 77.9 Å². The summed E-state index contributed by atoms with van der Waals surface area (Å²) < 4.78 is 4.57. The van der Waals surface area contributed by atoms with Gasteiger partial charge in [0.15, 0.2) is 0 Å². The molecule has 0 aromatic carbocycles. The molecule has 0 saturated heterocycles. The van der Waals surface area contributed by atoms with Crippen molar-refractivity contribution in [3.8, 4) is 0 Å². The summed E-state index contributed by atoms with van der Waals surface area (Å²) in [6, 6.07) is 4.16. The van der Waals surface area contributed by atoms with E-state index in [1.54, 1.807) is 19.2 Å². The van der Waals surface area contributed by atoms with Gasteiger partial charge in [-0.1, -0.05) is 0 Å². The Labute approximate surface area is 330 Å². The number of hydrogen-bond donors (Lipinski definition) is 3. The van der Waals surface area contributed by atoms with Gasteiger partial charge in [-0.2, -0.15) is 0 Å². The Morgan fingerprint density at radius 2 is 1.06 bits per heavy atom. The summed E-state index contributed by atoms with van der Waals surface area (Å²) in [7, 11) is 4.34. The fraction of sp³-hybridized carbons (Fsp3) is 0.200. The molecule has 3 aromatic rings. The molecule has 0 unspecified atom stereocenters. The standard InChI is InChI=1S/C10H9N3O3.C10H8N2O4.C9H6N2O4.CH5N.K.H2O/c1-11-10(14)7-2-6-3-8(13(15)16)5-12-9(6)4-7;1-16-10(13)7-2-6-3-8(12(14)15)5-11-9(6)4-7;12-9(13)6-1-5-2-7(11(14)15)4-10-8(5)3-6;1-2;;/h2-3,5H,4H2,1H3,(H,11,14);2-3,5H,4H2,1H3;1-2,4H,3H2,(H,12,13);2H2,1H3;;1H2/q;;;;+1;/p-1. The smallest absolute Gasteiger partial charge is 0.870 e. The van der Waals surface area contributed by atoms with Gasteiger partial charge in [0.25, 0.3) is 17.1 Å². The fourth-order valence-electron chi connectivity index (χ4n) is 4.58. The van der Waals surface area contributed by atoms with E-state index in [9.17, 15) is 44.7 Å². The Balaban J connectivity index is 0.000000366. The van der Waals surface area contributed by atoms with E-state index in [-0.39, 0.29) is 91.8 Å². The zero-order chi connectivity index (χ0) is 36.4. The molecule has 3 heterocycles. The Bertz CT molecular complexity index is 1870. The van der Waals surface area contributed by atoms with Crippen LogP contribution in [0.5, 0.6) is 0 Å². The third-order valence-electron chi connectivity index (χ3n) is 6.90. The number of likely N-dealkylation sites (N-methyl/N-ethyl adjacent to an activating group) is 1. The van der Waals surface area contributed by atoms with Crippen molar-refractivity contribution in [1.29, 1.82) is 0 Å². The van der Waals surface area contributed by atoms with Gasteiger partial charge >= 0.3 is 63.3 Å². The van der Waals surface area contributed by atoms with Crippen LogP contribution in [0, 0.1) is 30.3 Å². The number of carbonyl (C=O) groups is 3. The van der Waals surface area contributed by atoms with Crippen LogP contribution in [0.1, 0.15) is 33.8 Å². The minimum Gasteiger partial charge on any atom is -0.870 e. The number of nitrogens with zero attached hydrogens (tertiary/aromatic N) is 6. The first-order chi connectivity index (χ1) is 23.3. The molecular formula is C30H29KN8O12. The van der Waals surface area contributed by atoms with E-state index in [0.717, 1.165) is 6.20 Å². The van der Waals surface area contributed by atoms with E-state index < -0.39 is 26.7 Å². The van der Waals surface area contributed by atoms with Crippen molar-refractivity contribution in [3.63, 3.8) is 0 Å². The number of methoxy groups -OCH3 is 1. The van der Waals surface area contributed by atoms with E-state index >= 15 is 0 Å². The molecular weight excluding hydrogens is 703 g/mol. The molecule has 0 saturated carbocycles. The zero-order valence-corrected chi connectivity index (χ0v) is 30.7. The molecule has 0 aliphatic heterocycles. The van der Waals surface area contributed by atoms with E-state index in [1.807, 2.05) is 0 Å². The molecule has 0 radical (unpaired) electrons. The molecule has 3 aromatic heterocycles. The number of carboxylic acid groups (broad SMARTS) is 1. The average molecular weight is 733 g/mol. The third-order valence-corrected chi connectivity index (χ3v) is 6.90. The van der Waals surface area contributed by atoms with Gasteiger partial charge in [0.05, 0.1) is 39.0 Å². The monoisotopic (exact) mass is 732 g/mol. The predicted molar refractivity (Wildman–Crippen MR) is 173 cm³/mol. The molecule has 0 atom stereocenters. The van der Waals surface area contributed by atoms with Crippen molar-refractivity contribution in [2.45, 2.75) is 19.3 Å². The summed E-state index contributed by atoms with van der Waals surface area (Å²) >= 11 is 0. The number of carboxylic acids is 1. The fourth-order valence-corrected chi connectivity index (χ4v) is 4.58. The number of hydrogen-bond acceptors (Lipinski definition) is 15. The summed E-state index contributed by atoms with van der Waals surface area (Å²) in [6.45, 7) is 0. The van der Waals surface area contributed by atoms with Gasteiger partial charge in [0.2, 0.25) is 5.91 Å². The van der Waals surface area contributed by atoms with Crippen molar-refractivity contribution in [2.24, 2.45) is 5.73 Å². The maximum Gasteiger partial charge on any atom is 1.00 e. The van der Waals surface area contributed by atoms with Crippen LogP contribution in [0.25, 0.3) is 18.2 Å². The molecule has 3 aliphatic carbocycles. The van der Waals surface area contributed by atoms with Crippen molar-refractivity contribution in [1.82, 2.24) is 20.3 Å². The summed E-state index contributed by atoms with van der Waals surface area (Å²) in [4.78, 5) is 75.0. The number of aliphatic carboxylic acids is 1.